The Hall–Kier alpha value is -2.93. The third kappa shape index (κ3) is 3.11. The summed E-state index contributed by atoms with van der Waals surface area (Å²) in [6.45, 7) is 1.76. The fourth-order valence-corrected chi connectivity index (χ4v) is 4.40. The van der Waals surface area contributed by atoms with Crippen LogP contribution < -0.4 is 14.8 Å². The SMILES string of the molecule is O=C(c1cnc2ccccc2c1Nc1ccc2c(c1)OCO2)N1CCSCC1. The number of nitrogens with zero attached hydrogens (tertiary/aromatic N) is 2. The lowest BCUT2D eigenvalue weighted by molar-refractivity contribution is 0.0773. The summed E-state index contributed by atoms with van der Waals surface area (Å²) in [7, 11) is 0. The molecule has 5 rings (SSSR count). The van der Waals surface area contributed by atoms with Crippen molar-refractivity contribution in [3.05, 3.63) is 54.2 Å². The molecule has 0 radical (unpaired) electrons. The zero-order chi connectivity index (χ0) is 18.9. The van der Waals surface area contributed by atoms with Gasteiger partial charge in [-0.25, -0.2) is 0 Å². The van der Waals surface area contributed by atoms with E-state index in [1.54, 1.807) is 6.20 Å². The third-order valence-corrected chi connectivity index (χ3v) is 5.89. The van der Waals surface area contributed by atoms with Gasteiger partial charge in [-0.2, -0.15) is 11.8 Å². The van der Waals surface area contributed by atoms with Crippen molar-refractivity contribution >= 4 is 39.9 Å². The van der Waals surface area contributed by atoms with Gasteiger partial charge in [0.2, 0.25) is 6.79 Å². The normalized spacial score (nSPS) is 15.6. The molecule has 7 heteroatoms. The van der Waals surface area contributed by atoms with E-state index >= 15 is 0 Å². The number of carbonyl (C=O) groups is 1. The second-order valence-electron chi connectivity index (χ2n) is 6.66. The lowest BCUT2D eigenvalue weighted by atomic mass is 10.1. The number of hydrogen-bond donors (Lipinski definition) is 1. The molecule has 2 aliphatic heterocycles. The van der Waals surface area contributed by atoms with Crippen LogP contribution in [-0.2, 0) is 0 Å². The fraction of sp³-hybridized carbons (Fsp3) is 0.238. The lowest BCUT2D eigenvalue weighted by Gasteiger charge is -2.27. The average Bonchev–Trinajstić information content (AvgIpc) is 3.22. The molecule has 1 aromatic heterocycles. The van der Waals surface area contributed by atoms with Gasteiger partial charge in [0, 0.05) is 47.9 Å². The summed E-state index contributed by atoms with van der Waals surface area (Å²) in [6, 6.07) is 13.5. The molecule has 0 unspecified atom stereocenters. The minimum absolute atomic E-state index is 0.0156. The van der Waals surface area contributed by atoms with Crippen molar-refractivity contribution in [2.45, 2.75) is 0 Å². The van der Waals surface area contributed by atoms with E-state index in [4.69, 9.17) is 9.47 Å². The molecule has 2 aromatic carbocycles. The first-order valence-corrected chi connectivity index (χ1v) is 10.4. The minimum atomic E-state index is 0.0156. The Morgan fingerprint density at radius 3 is 2.79 bits per heavy atom. The van der Waals surface area contributed by atoms with Crippen molar-refractivity contribution in [1.82, 2.24) is 9.88 Å². The lowest BCUT2D eigenvalue weighted by Crippen LogP contribution is -2.38. The average molecular weight is 393 g/mol. The van der Waals surface area contributed by atoms with E-state index in [9.17, 15) is 4.79 Å². The Labute approximate surface area is 166 Å². The zero-order valence-electron chi connectivity index (χ0n) is 15.2. The summed E-state index contributed by atoms with van der Waals surface area (Å²) in [5.74, 6) is 3.38. The highest BCUT2D eigenvalue weighted by atomic mass is 32.2. The maximum Gasteiger partial charge on any atom is 0.257 e. The van der Waals surface area contributed by atoms with E-state index in [2.05, 4.69) is 10.3 Å². The van der Waals surface area contributed by atoms with Crippen LogP contribution in [0.3, 0.4) is 0 Å². The molecule has 3 aromatic rings. The van der Waals surface area contributed by atoms with Crippen molar-refractivity contribution in [2.24, 2.45) is 0 Å². The van der Waals surface area contributed by atoms with Gasteiger partial charge in [0.05, 0.1) is 16.8 Å². The van der Waals surface area contributed by atoms with Crippen LogP contribution in [0.5, 0.6) is 11.5 Å². The molecule has 28 heavy (non-hydrogen) atoms. The standard InChI is InChI=1S/C21H19N3O3S/c25-21(24-7-9-28-10-8-24)16-12-22-17-4-2-1-3-15(17)20(16)23-14-5-6-18-19(11-14)27-13-26-18/h1-6,11-12H,7-10,13H2,(H,22,23). The highest BCUT2D eigenvalue weighted by Gasteiger charge is 2.23. The number of aromatic nitrogens is 1. The highest BCUT2D eigenvalue weighted by Crippen LogP contribution is 2.37. The van der Waals surface area contributed by atoms with Gasteiger partial charge in [0.1, 0.15) is 0 Å². The number of nitrogens with one attached hydrogen (secondary N) is 1. The molecule has 1 amide bonds. The van der Waals surface area contributed by atoms with Gasteiger partial charge in [0.25, 0.3) is 5.91 Å². The molecule has 3 heterocycles. The van der Waals surface area contributed by atoms with Crippen LogP contribution in [0.1, 0.15) is 10.4 Å². The summed E-state index contributed by atoms with van der Waals surface area (Å²) in [5, 5.41) is 4.35. The summed E-state index contributed by atoms with van der Waals surface area (Å²) < 4.78 is 10.9. The number of fused-ring (bicyclic) bond motifs is 2. The van der Waals surface area contributed by atoms with E-state index in [1.165, 1.54) is 0 Å². The first-order chi connectivity index (χ1) is 13.8. The van der Waals surface area contributed by atoms with Gasteiger partial charge in [-0.3, -0.25) is 9.78 Å². The van der Waals surface area contributed by atoms with E-state index < -0.39 is 0 Å². The Balaban J connectivity index is 1.57. The molecule has 1 N–H and O–H groups in total. The summed E-state index contributed by atoms with van der Waals surface area (Å²) in [6.07, 6.45) is 1.68. The van der Waals surface area contributed by atoms with Crippen molar-refractivity contribution in [2.75, 3.05) is 36.7 Å². The van der Waals surface area contributed by atoms with Gasteiger partial charge in [0.15, 0.2) is 11.5 Å². The molecular weight excluding hydrogens is 374 g/mol. The second kappa shape index (κ2) is 7.24. The monoisotopic (exact) mass is 393 g/mol. The number of para-hydroxylation sites is 1. The highest BCUT2D eigenvalue weighted by molar-refractivity contribution is 7.99. The maximum atomic E-state index is 13.2. The number of thioether (sulfide) groups is 1. The van der Waals surface area contributed by atoms with Crippen LogP contribution in [0.25, 0.3) is 10.9 Å². The van der Waals surface area contributed by atoms with Gasteiger partial charge < -0.3 is 19.7 Å². The molecule has 0 spiro atoms. The Bertz CT molecular complexity index is 1050. The van der Waals surface area contributed by atoms with Crippen LogP contribution in [0.15, 0.2) is 48.7 Å². The second-order valence-corrected chi connectivity index (χ2v) is 7.89. The number of amides is 1. The first kappa shape index (κ1) is 17.2. The molecule has 0 atom stereocenters. The van der Waals surface area contributed by atoms with Crippen molar-refractivity contribution < 1.29 is 14.3 Å². The van der Waals surface area contributed by atoms with Gasteiger partial charge in [-0.1, -0.05) is 18.2 Å². The van der Waals surface area contributed by atoms with Crippen molar-refractivity contribution in [3.8, 4) is 11.5 Å². The summed E-state index contributed by atoms with van der Waals surface area (Å²) in [4.78, 5) is 19.7. The predicted molar refractivity (Wildman–Crippen MR) is 111 cm³/mol. The Morgan fingerprint density at radius 1 is 1.07 bits per heavy atom. The summed E-state index contributed by atoms with van der Waals surface area (Å²) in [5.41, 5.74) is 3.04. The van der Waals surface area contributed by atoms with Crippen LogP contribution >= 0.6 is 11.8 Å². The molecule has 2 aliphatic rings. The van der Waals surface area contributed by atoms with E-state index in [0.717, 1.165) is 52.6 Å². The van der Waals surface area contributed by atoms with Crippen LogP contribution in [0, 0.1) is 0 Å². The molecule has 1 fully saturated rings. The molecule has 142 valence electrons. The first-order valence-electron chi connectivity index (χ1n) is 9.21. The van der Waals surface area contributed by atoms with E-state index in [0.29, 0.717) is 11.3 Å². The van der Waals surface area contributed by atoms with Crippen LogP contribution in [-0.4, -0.2) is 47.2 Å². The van der Waals surface area contributed by atoms with Crippen molar-refractivity contribution in [1.29, 1.82) is 0 Å². The molecule has 0 aliphatic carbocycles. The van der Waals surface area contributed by atoms with E-state index in [-0.39, 0.29) is 12.7 Å². The van der Waals surface area contributed by atoms with Crippen molar-refractivity contribution in [3.63, 3.8) is 0 Å². The van der Waals surface area contributed by atoms with Gasteiger partial charge >= 0.3 is 0 Å². The topological polar surface area (TPSA) is 63.7 Å². The van der Waals surface area contributed by atoms with Crippen LogP contribution in [0.2, 0.25) is 0 Å². The third-order valence-electron chi connectivity index (χ3n) is 4.95. The molecule has 0 bridgehead atoms. The maximum absolute atomic E-state index is 13.2. The molecule has 0 saturated carbocycles. The molecule has 6 nitrogen and oxygen atoms in total. The zero-order valence-corrected chi connectivity index (χ0v) is 16.0. The largest absolute Gasteiger partial charge is 0.454 e. The summed E-state index contributed by atoms with van der Waals surface area (Å²) >= 11 is 1.88. The van der Waals surface area contributed by atoms with Crippen LogP contribution in [0.4, 0.5) is 11.4 Å². The Kier molecular flexibility index (Phi) is 4.44. The number of carbonyl (C=O) groups excluding carboxylic acids is 1. The number of benzene rings is 2. The number of pyridine rings is 1. The number of hydrogen-bond acceptors (Lipinski definition) is 6. The number of anilines is 2. The minimum Gasteiger partial charge on any atom is -0.454 e. The number of ether oxygens (including phenoxy) is 2. The van der Waals surface area contributed by atoms with Gasteiger partial charge in [-0.05, 0) is 18.2 Å². The van der Waals surface area contributed by atoms with Gasteiger partial charge in [-0.15, -0.1) is 0 Å². The smallest absolute Gasteiger partial charge is 0.257 e. The Morgan fingerprint density at radius 2 is 1.89 bits per heavy atom. The molecule has 1 saturated heterocycles. The molecular formula is C21H19N3O3S. The quantitative estimate of drug-likeness (QED) is 0.728. The number of rotatable bonds is 3. The predicted octanol–water partition coefficient (Wildman–Crippen LogP) is 3.90. The fourth-order valence-electron chi connectivity index (χ4n) is 3.49. The van der Waals surface area contributed by atoms with E-state index in [1.807, 2.05) is 59.1 Å².